The van der Waals surface area contributed by atoms with Gasteiger partial charge in [0.2, 0.25) is 0 Å². The fraction of sp³-hybridized carbons (Fsp3) is 1.00. The second-order valence-electron chi connectivity index (χ2n) is 5.53. The van der Waals surface area contributed by atoms with Crippen LogP contribution in [0.4, 0.5) is 0 Å². The molecular weight excluding hydrogens is 337 g/mol. The van der Waals surface area contributed by atoms with Gasteiger partial charge in [-0.3, -0.25) is 0 Å². The van der Waals surface area contributed by atoms with Gasteiger partial charge in [0.15, 0.2) is 0 Å². The average molecular weight is 364 g/mol. The smallest absolute Gasteiger partial charge is 0.0766 e. The third-order valence-corrected chi connectivity index (χ3v) is 6.81. The first-order chi connectivity index (χ1) is 9.18. The summed E-state index contributed by atoms with van der Waals surface area (Å²) in [4.78, 5) is -0.434. The van der Waals surface area contributed by atoms with Gasteiger partial charge in [-0.05, 0) is 19.8 Å². The second-order valence-corrected chi connectivity index (χ2v) is 9.31. The molecule has 0 saturated heterocycles. The van der Waals surface area contributed by atoms with Crippen molar-refractivity contribution in [1.29, 1.82) is 0 Å². The van der Waals surface area contributed by atoms with Crippen molar-refractivity contribution < 1.29 is 10.2 Å². The quantitative estimate of drug-likeness (QED) is 0.389. The fourth-order valence-electron chi connectivity index (χ4n) is 1.74. The van der Waals surface area contributed by atoms with Crippen molar-refractivity contribution in [2.45, 2.75) is 55.4 Å². The molecule has 0 saturated carbocycles. The van der Waals surface area contributed by atoms with Gasteiger partial charge in [0.25, 0.3) is 0 Å². The number of alkyl halides is 2. The molecule has 20 heavy (non-hydrogen) atoms. The summed E-state index contributed by atoms with van der Waals surface area (Å²) in [5.41, 5.74) is 6.33. The zero-order chi connectivity index (χ0) is 15.8. The minimum atomic E-state index is -0.525. The van der Waals surface area contributed by atoms with Crippen LogP contribution in [0.5, 0.6) is 0 Å². The van der Waals surface area contributed by atoms with E-state index in [-0.39, 0.29) is 16.5 Å². The highest BCUT2D eigenvalue weighted by atomic mass is 35.5. The van der Waals surface area contributed by atoms with Crippen LogP contribution in [0.3, 0.4) is 0 Å². The predicted molar refractivity (Wildman–Crippen MR) is 94.3 cm³/mol. The van der Waals surface area contributed by atoms with Crippen LogP contribution in [0.1, 0.15) is 33.6 Å². The number of halogens is 2. The Morgan fingerprint density at radius 2 is 1.50 bits per heavy atom. The fourth-order valence-corrected chi connectivity index (χ4v) is 4.74. The number of aliphatic hydroxyl groups is 2. The Hall–Kier alpha value is 1.16. The highest BCUT2D eigenvalue weighted by Crippen LogP contribution is 2.39. The molecule has 4 atom stereocenters. The lowest BCUT2D eigenvalue weighted by atomic mass is 9.99. The first kappa shape index (κ1) is 21.2. The number of hydrogen-bond acceptors (Lipinski definition) is 5. The molecule has 0 amide bonds. The van der Waals surface area contributed by atoms with Gasteiger partial charge in [0.05, 0.1) is 17.1 Å². The van der Waals surface area contributed by atoms with E-state index >= 15 is 0 Å². The summed E-state index contributed by atoms with van der Waals surface area (Å²) in [6.07, 6.45) is 0.735. The molecule has 4 unspecified atom stereocenters. The minimum absolute atomic E-state index is 0.0184. The van der Waals surface area contributed by atoms with E-state index in [2.05, 4.69) is 13.8 Å². The van der Waals surface area contributed by atoms with Gasteiger partial charge < -0.3 is 15.9 Å². The molecule has 0 radical (unpaired) electrons. The second kappa shape index (κ2) is 10.0. The molecule has 0 aromatic carbocycles. The predicted octanol–water partition coefficient (Wildman–Crippen LogP) is 2.89. The lowest BCUT2D eigenvalue weighted by molar-refractivity contribution is 0.223. The molecule has 122 valence electrons. The Bertz CT molecular complexity index is 273. The minimum Gasteiger partial charge on any atom is -0.391 e. The summed E-state index contributed by atoms with van der Waals surface area (Å²) in [6, 6.07) is 0. The van der Waals surface area contributed by atoms with E-state index in [1.165, 1.54) is 11.8 Å². The normalized spacial score (nSPS) is 21.0. The molecule has 0 bridgehead atoms. The van der Waals surface area contributed by atoms with Gasteiger partial charge in [0.1, 0.15) is 0 Å². The summed E-state index contributed by atoms with van der Waals surface area (Å²) >= 11 is 14.5. The third kappa shape index (κ3) is 9.23. The first-order valence-electron chi connectivity index (χ1n) is 6.73. The number of thioether (sulfide) groups is 2. The van der Waals surface area contributed by atoms with E-state index in [1.54, 1.807) is 11.8 Å². The zero-order valence-corrected chi connectivity index (χ0v) is 15.6. The van der Waals surface area contributed by atoms with Crippen LogP contribution in [0.2, 0.25) is 0 Å². The van der Waals surface area contributed by atoms with E-state index in [0.717, 1.165) is 12.8 Å². The summed E-state index contributed by atoms with van der Waals surface area (Å²) < 4.78 is -0.0184. The number of aliphatic hydroxyl groups excluding tert-OH is 2. The molecule has 0 spiro atoms. The molecule has 0 rings (SSSR count). The van der Waals surface area contributed by atoms with Gasteiger partial charge in [-0.2, -0.15) is 11.8 Å². The summed E-state index contributed by atoms with van der Waals surface area (Å²) in [5, 5.41) is 19.1. The molecular formula is C13H27Cl2NO2S2. The number of nitrogens with two attached hydrogens (primary N) is 1. The molecule has 0 fully saturated rings. The van der Waals surface area contributed by atoms with E-state index in [1.807, 2.05) is 6.92 Å². The van der Waals surface area contributed by atoms with E-state index < -0.39 is 17.1 Å². The van der Waals surface area contributed by atoms with Crippen LogP contribution in [0, 0.1) is 0 Å². The van der Waals surface area contributed by atoms with E-state index in [9.17, 15) is 10.2 Å². The highest BCUT2D eigenvalue weighted by Gasteiger charge is 2.33. The standard InChI is InChI=1S/C13H27Cl2NO2S2/c1-4-12(2,19-7-10(17)5-14)9-13(3,16)20-8-11(18)6-15/h10-11,17-18H,4-9,16H2,1-3H3. The topological polar surface area (TPSA) is 66.5 Å². The summed E-state index contributed by atoms with van der Waals surface area (Å²) in [5.74, 6) is 1.62. The van der Waals surface area contributed by atoms with E-state index in [0.29, 0.717) is 11.5 Å². The molecule has 0 aliphatic rings. The lowest BCUT2D eigenvalue weighted by Gasteiger charge is -2.36. The van der Waals surface area contributed by atoms with Crippen LogP contribution in [-0.4, -0.2) is 55.3 Å². The highest BCUT2D eigenvalue weighted by molar-refractivity contribution is 8.01. The van der Waals surface area contributed by atoms with Crippen LogP contribution >= 0.6 is 46.7 Å². The maximum atomic E-state index is 9.59. The number of rotatable bonds is 11. The Kier molecular flexibility index (Phi) is 10.6. The van der Waals surface area contributed by atoms with Crippen molar-refractivity contribution in [3.8, 4) is 0 Å². The molecule has 4 N–H and O–H groups in total. The summed E-state index contributed by atoms with van der Waals surface area (Å²) in [7, 11) is 0. The van der Waals surface area contributed by atoms with Crippen molar-refractivity contribution in [3.63, 3.8) is 0 Å². The van der Waals surface area contributed by atoms with E-state index in [4.69, 9.17) is 28.9 Å². The Labute approximate surface area is 141 Å². The average Bonchev–Trinajstić information content (AvgIpc) is 2.41. The van der Waals surface area contributed by atoms with Crippen molar-refractivity contribution >= 4 is 46.7 Å². The molecule has 0 aromatic heterocycles. The maximum Gasteiger partial charge on any atom is 0.0766 e. The maximum absolute atomic E-state index is 9.59. The molecule has 3 nitrogen and oxygen atoms in total. The lowest BCUT2D eigenvalue weighted by Crippen LogP contribution is -2.41. The van der Waals surface area contributed by atoms with Gasteiger partial charge in [0, 0.05) is 28.0 Å². The molecule has 0 heterocycles. The largest absolute Gasteiger partial charge is 0.391 e. The number of hydrogen-bond donors (Lipinski definition) is 3. The molecule has 0 aliphatic carbocycles. The summed E-state index contributed by atoms with van der Waals surface area (Å²) in [6.45, 7) is 6.25. The van der Waals surface area contributed by atoms with Crippen molar-refractivity contribution in [1.82, 2.24) is 0 Å². The SMILES string of the molecule is CCC(C)(CC(C)(N)SCC(O)CCl)SCC(O)CCl. The molecule has 7 heteroatoms. The van der Waals surface area contributed by atoms with Gasteiger partial charge in [-0.15, -0.1) is 35.0 Å². The van der Waals surface area contributed by atoms with Crippen LogP contribution in [0.25, 0.3) is 0 Å². The monoisotopic (exact) mass is 363 g/mol. The third-order valence-electron chi connectivity index (χ3n) is 3.06. The van der Waals surface area contributed by atoms with Crippen molar-refractivity contribution in [3.05, 3.63) is 0 Å². The first-order valence-corrected chi connectivity index (χ1v) is 9.77. The van der Waals surface area contributed by atoms with Crippen LogP contribution in [0.15, 0.2) is 0 Å². The molecule has 0 aromatic rings. The Morgan fingerprint density at radius 1 is 1.05 bits per heavy atom. The van der Waals surface area contributed by atoms with Gasteiger partial charge >= 0.3 is 0 Å². The van der Waals surface area contributed by atoms with Crippen molar-refractivity contribution in [2.24, 2.45) is 5.73 Å². The van der Waals surface area contributed by atoms with Crippen LogP contribution < -0.4 is 5.73 Å². The molecule has 0 aliphatic heterocycles. The van der Waals surface area contributed by atoms with Crippen LogP contribution in [-0.2, 0) is 0 Å². The Balaban J connectivity index is 4.42. The Morgan fingerprint density at radius 3 is 1.90 bits per heavy atom. The van der Waals surface area contributed by atoms with Crippen molar-refractivity contribution in [2.75, 3.05) is 23.3 Å². The zero-order valence-electron chi connectivity index (χ0n) is 12.4. The van der Waals surface area contributed by atoms with Gasteiger partial charge in [-0.1, -0.05) is 13.8 Å². The van der Waals surface area contributed by atoms with Gasteiger partial charge in [-0.25, -0.2) is 0 Å².